The van der Waals surface area contributed by atoms with Gasteiger partial charge in [-0.25, -0.2) is 0 Å². The van der Waals surface area contributed by atoms with E-state index in [-0.39, 0.29) is 23.8 Å². The highest BCUT2D eigenvalue weighted by Crippen LogP contribution is 2.16. The zero-order chi connectivity index (χ0) is 26.3. The molecule has 1 fully saturated rings. The Morgan fingerprint density at radius 2 is 1.41 bits per heavy atom. The van der Waals surface area contributed by atoms with Gasteiger partial charge in [0.15, 0.2) is 0 Å². The Kier molecular flexibility index (Phi) is 11.9. The standard InChI is InChI=1S/C30H40N4O3/c1-25(35)33-20-8-9-21-34(30(37)17-16-26-12-4-2-5-13-26)23-11-19-32-29(36)24-28(31-18-10-22-33)27-14-6-3-7-15-27/h2-7,12-17,28,31H,8-11,18-24H2,1H3,(H,32,36). The Morgan fingerprint density at radius 1 is 0.811 bits per heavy atom. The maximum Gasteiger partial charge on any atom is 0.246 e. The molecule has 1 unspecified atom stereocenters. The Balaban J connectivity index is 1.66. The molecule has 0 bridgehead atoms. The molecule has 1 heterocycles. The Morgan fingerprint density at radius 3 is 2.11 bits per heavy atom. The molecular formula is C30H40N4O3. The van der Waals surface area contributed by atoms with Crippen LogP contribution in [0.5, 0.6) is 0 Å². The van der Waals surface area contributed by atoms with Crippen molar-refractivity contribution in [2.75, 3.05) is 39.3 Å². The summed E-state index contributed by atoms with van der Waals surface area (Å²) in [6.07, 6.45) is 6.93. The summed E-state index contributed by atoms with van der Waals surface area (Å²) in [5.74, 6) is 0.0124. The Labute approximate surface area is 220 Å². The van der Waals surface area contributed by atoms with Gasteiger partial charge in [0.05, 0.1) is 0 Å². The van der Waals surface area contributed by atoms with E-state index >= 15 is 0 Å². The van der Waals surface area contributed by atoms with Crippen LogP contribution in [0.4, 0.5) is 0 Å². The first-order chi connectivity index (χ1) is 18.0. The van der Waals surface area contributed by atoms with Crippen molar-refractivity contribution >= 4 is 23.8 Å². The number of nitrogens with one attached hydrogen (secondary N) is 2. The largest absolute Gasteiger partial charge is 0.356 e. The van der Waals surface area contributed by atoms with Crippen LogP contribution in [0.2, 0.25) is 0 Å². The molecule has 7 nitrogen and oxygen atoms in total. The van der Waals surface area contributed by atoms with Gasteiger partial charge < -0.3 is 20.4 Å². The number of benzene rings is 2. The third-order valence-corrected chi connectivity index (χ3v) is 6.59. The lowest BCUT2D eigenvalue weighted by molar-refractivity contribution is -0.129. The smallest absolute Gasteiger partial charge is 0.246 e. The molecule has 3 amide bonds. The van der Waals surface area contributed by atoms with Crippen LogP contribution in [0.3, 0.4) is 0 Å². The van der Waals surface area contributed by atoms with E-state index in [9.17, 15) is 14.4 Å². The first-order valence-corrected chi connectivity index (χ1v) is 13.4. The van der Waals surface area contributed by atoms with Crippen LogP contribution < -0.4 is 10.6 Å². The summed E-state index contributed by atoms with van der Waals surface area (Å²) < 4.78 is 0. The van der Waals surface area contributed by atoms with E-state index in [1.54, 1.807) is 13.0 Å². The lowest BCUT2D eigenvalue weighted by Crippen LogP contribution is -2.35. The van der Waals surface area contributed by atoms with Crippen molar-refractivity contribution in [2.45, 2.75) is 45.1 Å². The van der Waals surface area contributed by atoms with Gasteiger partial charge in [-0.2, -0.15) is 0 Å². The van der Waals surface area contributed by atoms with E-state index in [1.807, 2.05) is 76.5 Å². The third-order valence-electron chi connectivity index (χ3n) is 6.59. The first-order valence-electron chi connectivity index (χ1n) is 13.4. The molecule has 1 saturated heterocycles. The van der Waals surface area contributed by atoms with Crippen LogP contribution in [-0.4, -0.2) is 66.8 Å². The summed E-state index contributed by atoms with van der Waals surface area (Å²) in [6, 6.07) is 19.7. The minimum Gasteiger partial charge on any atom is -0.356 e. The summed E-state index contributed by atoms with van der Waals surface area (Å²) >= 11 is 0. The van der Waals surface area contributed by atoms with Crippen LogP contribution in [0.25, 0.3) is 6.08 Å². The van der Waals surface area contributed by atoms with E-state index < -0.39 is 0 Å². The molecule has 0 spiro atoms. The molecule has 0 aliphatic carbocycles. The number of hydrogen-bond donors (Lipinski definition) is 2. The summed E-state index contributed by atoms with van der Waals surface area (Å²) in [7, 11) is 0. The highest BCUT2D eigenvalue weighted by molar-refractivity contribution is 5.91. The van der Waals surface area contributed by atoms with Crippen molar-refractivity contribution in [1.82, 2.24) is 20.4 Å². The summed E-state index contributed by atoms with van der Waals surface area (Å²) in [5, 5.41) is 6.54. The van der Waals surface area contributed by atoms with E-state index in [4.69, 9.17) is 0 Å². The van der Waals surface area contributed by atoms with Crippen molar-refractivity contribution in [2.24, 2.45) is 0 Å². The third kappa shape index (κ3) is 10.2. The van der Waals surface area contributed by atoms with Crippen molar-refractivity contribution in [3.05, 3.63) is 77.9 Å². The first kappa shape index (κ1) is 28.1. The molecule has 0 radical (unpaired) electrons. The quantitative estimate of drug-likeness (QED) is 0.624. The predicted molar refractivity (Wildman–Crippen MR) is 148 cm³/mol. The van der Waals surface area contributed by atoms with Crippen molar-refractivity contribution in [1.29, 1.82) is 0 Å². The average molecular weight is 505 g/mol. The molecule has 1 atom stereocenters. The van der Waals surface area contributed by atoms with Gasteiger partial charge in [0, 0.05) is 58.2 Å². The molecule has 3 rings (SSSR count). The number of carbonyl (C=O) groups is 3. The van der Waals surface area contributed by atoms with Crippen LogP contribution in [-0.2, 0) is 14.4 Å². The number of carbonyl (C=O) groups excluding carboxylic acids is 3. The van der Waals surface area contributed by atoms with E-state index in [0.717, 1.165) is 30.4 Å². The summed E-state index contributed by atoms with van der Waals surface area (Å²) in [4.78, 5) is 41.6. The normalized spacial score (nSPS) is 19.3. The molecule has 7 heteroatoms. The predicted octanol–water partition coefficient (Wildman–Crippen LogP) is 3.79. The Hall–Kier alpha value is -3.45. The fourth-order valence-electron chi connectivity index (χ4n) is 4.50. The molecule has 2 N–H and O–H groups in total. The zero-order valence-corrected chi connectivity index (χ0v) is 21.9. The topological polar surface area (TPSA) is 81.8 Å². The van der Waals surface area contributed by atoms with Crippen molar-refractivity contribution in [3.8, 4) is 0 Å². The summed E-state index contributed by atoms with van der Waals surface area (Å²) in [6.45, 7) is 5.37. The maximum atomic E-state index is 13.0. The number of hydrogen-bond acceptors (Lipinski definition) is 4. The molecule has 0 aromatic heterocycles. The molecule has 1 aliphatic heterocycles. The lowest BCUT2D eigenvalue weighted by Gasteiger charge is -2.24. The second-order valence-electron chi connectivity index (χ2n) is 9.46. The molecule has 1 aliphatic rings. The highest BCUT2D eigenvalue weighted by atomic mass is 16.2. The van der Waals surface area contributed by atoms with Crippen LogP contribution in [0.1, 0.15) is 56.2 Å². The molecule has 37 heavy (non-hydrogen) atoms. The van der Waals surface area contributed by atoms with Gasteiger partial charge in [-0.15, -0.1) is 0 Å². The molecule has 2 aromatic rings. The maximum absolute atomic E-state index is 13.0. The fourth-order valence-corrected chi connectivity index (χ4v) is 4.50. The molecule has 0 saturated carbocycles. The number of rotatable bonds is 3. The lowest BCUT2D eigenvalue weighted by atomic mass is 10.0. The van der Waals surface area contributed by atoms with Crippen molar-refractivity contribution in [3.63, 3.8) is 0 Å². The average Bonchev–Trinajstić information content (AvgIpc) is 2.91. The summed E-state index contributed by atoms with van der Waals surface area (Å²) in [5.41, 5.74) is 2.05. The van der Waals surface area contributed by atoms with Gasteiger partial charge in [-0.05, 0) is 49.4 Å². The number of nitrogens with zero attached hydrogens (tertiary/aromatic N) is 2. The van der Waals surface area contributed by atoms with Crippen LogP contribution >= 0.6 is 0 Å². The van der Waals surface area contributed by atoms with Gasteiger partial charge in [0.2, 0.25) is 17.7 Å². The minimum absolute atomic E-state index is 0.0159. The van der Waals surface area contributed by atoms with E-state index in [1.165, 1.54) is 0 Å². The Bertz CT molecular complexity index is 1010. The van der Waals surface area contributed by atoms with Crippen LogP contribution in [0.15, 0.2) is 66.7 Å². The minimum atomic E-state index is -0.0936. The zero-order valence-electron chi connectivity index (χ0n) is 21.9. The SMILES string of the molecule is CC(=O)N1CCCCN(C(=O)C=Cc2ccccc2)CCCNC(=O)CC(c2ccccc2)NCCC1. The second kappa shape index (κ2) is 15.6. The van der Waals surface area contributed by atoms with Gasteiger partial charge in [0.1, 0.15) is 0 Å². The van der Waals surface area contributed by atoms with Crippen LogP contribution in [0, 0.1) is 0 Å². The van der Waals surface area contributed by atoms with Gasteiger partial charge >= 0.3 is 0 Å². The molecule has 198 valence electrons. The van der Waals surface area contributed by atoms with Gasteiger partial charge in [-0.3, -0.25) is 14.4 Å². The van der Waals surface area contributed by atoms with Gasteiger partial charge in [0.25, 0.3) is 0 Å². The fraction of sp³-hybridized carbons (Fsp3) is 0.433. The van der Waals surface area contributed by atoms with Crippen molar-refractivity contribution < 1.29 is 14.4 Å². The van der Waals surface area contributed by atoms with Gasteiger partial charge in [-0.1, -0.05) is 60.7 Å². The second-order valence-corrected chi connectivity index (χ2v) is 9.46. The molecular weight excluding hydrogens is 464 g/mol. The highest BCUT2D eigenvalue weighted by Gasteiger charge is 2.17. The van der Waals surface area contributed by atoms with E-state index in [2.05, 4.69) is 10.6 Å². The monoisotopic (exact) mass is 504 g/mol. The van der Waals surface area contributed by atoms with E-state index in [0.29, 0.717) is 52.1 Å². The number of amides is 3. The molecule has 2 aromatic carbocycles.